The van der Waals surface area contributed by atoms with Gasteiger partial charge in [-0.2, -0.15) is 0 Å². The van der Waals surface area contributed by atoms with E-state index in [9.17, 15) is 18.0 Å². The van der Waals surface area contributed by atoms with E-state index in [4.69, 9.17) is 0 Å². The molecule has 8 heteroatoms. The van der Waals surface area contributed by atoms with Crippen molar-refractivity contribution in [3.63, 3.8) is 0 Å². The molecule has 1 saturated heterocycles. The maximum Gasteiger partial charge on any atom is 0.245 e. The maximum absolute atomic E-state index is 12.5. The van der Waals surface area contributed by atoms with Gasteiger partial charge in [-0.05, 0) is 56.7 Å². The summed E-state index contributed by atoms with van der Waals surface area (Å²) in [5.74, 6) is -0.640. The van der Waals surface area contributed by atoms with Crippen molar-refractivity contribution in [1.82, 2.24) is 9.62 Å². The summed E-state index contributed by atoms with van der Waals surface area (Å²) in [5, 5.41) is 2.81. The first-order valence-electron chi connectivity index (χ1n) is 8.05. The van der Waals surface area contributed by atoms with Gasteiger partial charge in [-0.15, -0.1) is 0 Å². The number of hydrogen-bond donors (Lipinski definition) is 2. The first-order valence-corrected chi connectivity index (χ1v) is 9.53. The largest absolute Gasteiger partial charge is 0.338 e. The molecule has 1 fully saturated rings. The average molecular weight is 365 g/mol. The lowest BCUT2D eigenvalue weighted by atomic mass is 9.97. The monoisotopic (exact) mass is 365 g/mol. The number of hydrogen-bond acceptors (Lipinski definition) is 4. The highest BCUT2D eigenvalue weighted by Crippen LogP contribution is 2.22. The third kappa shape index (κ3) is 4.46. The molecule has 0 radical (unpaired) electrons. The Kier molecular flexibility index (Phi) is 5.97. The van der Waals surface area contributed by atoms with Crippen molar-refractivity contribution < 1.29 is 18.0 Å². The molecule has 1 heterocycles. The molecule has 0 saturated carbocycles. The summed E-state index contributed by atoms with van der Waals surface area (Å²) in [4.78, 5) is 26.0. The summed E-state index contributed by atoms with van der Waals surface area (Å²) in [6.45, 7) is 6.14. The molecule has 0 aromatic heterocycles. The first-order chi connectivity index (χ1) is 11.8. The minimum Gasteiger partial charge on any atom is -0.338 e. The molecule has 136 valence electrons. The van der Waals surface area contributed by atoms with Crippen LogP contribution >= 0.6 is 0 Å². The second kappa shape index (κ2) is 7.79. The standard InChI is InChI=1S/C17H23N3O4S/c1-4-16(21)20-9-5-6-13(11-20)17(22)19-14-7-8-15(12(2)10-14)25(23,24)18-3/h4,7-8,10,13,18H,1,5-6,9,11H2,2-3H3,(H,19,22). The fourth-order valence-electron chi connectivity index (χ4n) is 2.90. The van der Waals surface area contributed by atoms with Gasteiger partial charge in [-0.1, -0.05) is 6.58 Å². The molecule has 0 bridgehead atoms. The van der Waals surface area contributed by atoms with Crippen LogP contribution in [0.4, 0.5) is 5.69 Å². The van der Waals surface area contributed by atoms with Gasteiger partial charge < -0.3 is 10.2 Å². The Hall–Kier alpha value is -2.19. The molecule has 1 aliphatic heterocycles. The highest BCUT2D eigenvalue weighted by molar-refractivity contribution is 7.89. The molecule has 0 spiro atoms. The predicted octanol–water partition coefficient (Wildman–Crippen LogP) is 1.27. The van der Waals surface area contributed by atoms with Gasteiger partial charge in [0.15, 0.2) is 0 Å². The molecule has 1 aromatic rings. The van der Waals surface area contributed by atoms with Crippen LogP contribution in [0.1, 0.15) is 18.4 Å². The van der Waals surface area contributed by atoms with E-state index in [1.165, 1.54) is 19.2 Å². The highest BCUT2D eigenvalue weighted by Gasteiger charge is 2.27. The Morgan fingerprint density at radius 3 is 2.68 bits per heavy atom. The van der Waals surface area contributed by atoms with Crippen molar-refractivity contribution in [1.29, 1.82) is 0 Å². The molecule has 0 aliphatic carbocycles. The first kappa shape index (κ1) is 19.1. The van der Waals surface area contributed by atoms with Gasteiger partial charge >= 0.3 is 0 Å². The van der Waals surface area contributed by atoms with Gasteiger partial charge in [-0.25, -0.2) is 13.1 Å². The van der Waals surface area contributed by atoms with Crippen LogP contribution in [0.15, 0.2) is 35.7 Å². The second-order valence-electron chi connectivity index (χ2n) is 6.00. The number of anilines is 1. The Balaban J connectivity index is 2.09. The summed E-state index contributed by atoms with van der Waals surface area (Å²) >= 11 is 0. The quantitative estimate of drug-likeness (QED) is 0.768. The Labute approximate surface area is 148 Å². The Morgan fingerprint density at radius 1 is 1.36 bits per heavy atom. The highest BCUT2D eigenvalue weighted by atomic mass is 32.2. The molecule has 1 aromatic carbocycles. The SMILES string of the molecule is C=CC(=O)N1CCCC(C(=O)Nc2ccc(S(=O)(=O)NC)c(C)c2)C1. The summed E-state index contributed by atoms with van der Waals surface area (Å²) < 4.78 is 26.0. The number of nitrogens with one attached hydrogen (secondary N) is 2. The third-order valence-electron chi connectivity index (χ3n) is 4.28. The van der Waals surface area contributed by atoms with E-state index in [1.807, 2.05) is 0 Å². The normalized spacial score (nSPS) is 17.8. The smallest absolute Gasteiger partial charge is 0.245 e. The van der Waals surface area contributed by atoms with E-state index < -0.39 is 10.0 Å². The summed E-state index contributed by atoms with van der Waals surface area (Å²) in [6, 6.07) is 4.65. The van der Waals surface area contributed by atoms with Crippen LogP contribution in [0.25, 0.3) is 0 Å². The van der Waals surface area contributed by atoms with Crippen molar-refractivity contribution in [2.45, 2.75) is 24.7 Å². The number of rotatable bonds is 5. The lowest BCUT2D eigenvalue weighted by Crippen LogP contribution is -2.43. The topological polar surface area (TPSA) is 95.6 Å². The van der Waals surface area contributed by atoms with Gasteiger partial charge in [0.2, 0.25) is 21.8 Å². The minimum atomic E-state index is -3.53. The molecule has 7 nitrogen and oxygen atoms in total. The molecule has 1 unspecified atom stereocenters. The van der Waals surface area contributed by atoms with E-state index in [2.05, 4.69) is 16.6 Å². The predicted molar refractivity (Wildman–Crippen MR) is 95.6 cm³/mol. The maximum atomic E-state index is 12.5. The Bertz CT molecular complexity index is 789. The number of nitrogens with zero attached hydrogens (tertiary/aromatic N) is 1. The molecular weight excluding hydrogens is 342 g/mol. The average Bonchev–Trinajstić information content (AvgIpc) is 2.61. The number of aryl methyl sites for hydroxylation is 1. The molecule has 2 rings (SSSR count). The second-order valence-corrected chi connectivity index (χ2v) is 7.86. The Morgan fingerprint density at radius 2 is 2.08 bits per heavy atom. The fraction of sp³-hybridized carbons (Fsp3) is 0.412. The van der Waals surface area contributed by atoms with E-state index >= 15 is 0 Å². The number of amides is 2. The van der Waals surface area contributed by atoms with E-state index in [-0.39, 0.29) is 22.6 Å². The van der Waals surface area contributed by atoms with Crippen LogP contribution in [0.2, 0.25) is 0 Å². The van der Waals surface area contributed by atoms with E-state index in [0.717, 1.165) is 6.42 Å². The molecule has 1 aliphatic rings. The zero-order valence-electron chi connectivity index (χ0n) is 14.4. The number of piperidine rings is 1. The van der Waals surface area contributed by atoms with Crippen LogP contribution in [0.3, 0.4) is 0 Å². The molecule has 25 heavy (non-hydrogen) atoms. The summed E-state index contributed by atoms with van der Waals surface area (Å²) in [7, 11) is -2.18. The summed E-state index contributed by atoms with van der Waals surface area (Å²) in [6.07, 6.45) is 2.72. The number of sulfonamides is 1. The van der Waals surface area contributed by atoms with Crippen LogP contribution in [-0.4, -0.2) is 45.3 Å². The van der Waals surface area contributed by atoms with E-state index in [1.54, 1.807) is 24.0 Å². The third-order valence-corrected chi connectivity index (χ3v) is 5.85. The van der Waals surface area contributed by atoms with Gasteiger partial charge in [0.1, 0.15) is 0 Å². The van der Waals surface area contributed by atoms with Crippen molar-refractivity contribution >= 4 is 27.5 Å². The number of likely N-dealkylation sites (tertiary alicyclic amines) is 1. The number of carbonyl (C=O) groups is 2. The van der Waals surface area contributed by atoms with Crippen LogP contribution < -0.4 is 10.0 Å². The van der Waals surface area contributed by atoms with Gasteiger partial charge in [0.05, 0.1) is 10.8 Å². The number of benzene rings is 1. The van der Waals surface area contributed by atoms with Crippen molar-refractivity contribution in [2.75, 3.05) is 25.5 Å². The lowest BCUT2D eigenvalue weighted by Gasteiger charge is -2.31. The van der Waals surface area contributed by atoms with Crippen molar-refractivity contribution in [3.8, 4) is 0 Å². The molecular formula is C17H23N3O4S. The van der Waals surface area contributed by atoms with Crippen LogP contribution in [0.5, 0.6) is 0 Å². The van der Waals surface area contributed by atoms with Crippen molar-refractivity contribution in [3.05, 3.63) is 36.4 Å². The van der Waals surface area contributed by atoms with Gasteiger partial charge in [0, 0.05) is 18.8 Å². The minimum absolute atomic E-state index is 0.171. The van der Waals surface area contributed by atoms with E-state index in [0.29, 0.717) is 30.8 Å². The fourth-order valence-corrected chi connectivity index (χ4v) is 3.85. The zero-order chi connectivity index (χ0) is 18.6. The van der Waals surface area contributed by atoms with Gasteiger partial charge in [0.25, 0.3) is 0 Å². The number of carbonyl (C=O) groups excluding carboxylic acids is 2. The lowest BCUT2D eigenvalue weighted by molar-refractivity contribution is -0.130. The van der Waals surface area contributed by atoms with Gasteiger partial charge in [-0.3, -0.25) is 9.59 Å². The summed E-state index contributed by atoms with van der Waals surface area (Å²) in [5.41, 5.74) is 1.07. The van der Waals surface area contributed by atoms with Crippen LogP contribution in [-0.2, 0) is 19.6 Å². The molecule has 2 N–H and O–H groups in total. The van der Waals surface area contributed by atoms with Crippen molar-refractivity contribution in [2.24, 2.45) is 5.92 Å². The molecule has 1 atom stereocenters. The molecule has 2 amide bonds. The zero-order valence-corrected chi connectivity index (χ0v) is 15.2. The van der Waals surface area contributed by atoms with Crippen LogP contribution in [0, 0.1) is 12.8 Å².